The smallest absolute Gasteiger partial charge is 0.242 e. The Morgan fingerprint density at radius 1 is 1.02 bits per heavy atom. The van der Waals surface area contributed by atoms with E-state index in [1.165, 1.54) is 6.92 Å². The van der Waals surface area contributed by atoms with E-state index in [0.29, 0.717) is 69.2 Å². The molecule has 0 saturated carbocycles. The quantitative estimate of drug-likeness (QED) is 0.452. The number of nitrogens with zero attached hydrogens (tertiary/aromatic N) is 4. The maximum atomic E-state index is 13.8. The van der Waals surface area contributed by atoms with Gasteiger partial charge in [0.25, 0.3) is 0 Å². The molecular weight excluding hydrogens is 588 g/mol. The molecule has 244 valence electrons. The average Bonchev–Trinajstić information content (AvgIpc) is 3.54. The standard InChI is InChI=1S/C34H42N6O6/c1-24(41)38-16-11-26(12-17-38)34(44)40-15-6-20-46-30-22-27(9-10-29(30)45-2)32-35-13-18-39(32)19-14-36-33(43)28(37-31(42)23-40)21-25-7-4-3-5-8-25/h3-5,7-10,13,18,22,26,28H,6,11-12,14-17,19-21,23H2,1-2H3,(H,36,43)(H,37,42)/t28-/m0/s1. The van der Waals surface area contributed by atoms with Gasteiger partial charge >= 0.3 is 0 Å². The Labute approximate surface area is 269 Å². The lowest BCUT2D eigenvalue weighted by atomic mass is 9.95. The second-order valence-corrected chi connectivity index (χ2v) is 11.7. The summed E-state index contributed by atoms with van der Waals surface area (Å²) in [5.74, 6) is 0.648. The number of piperidine rings is 1. The first kappa shape index (κ1) is 32.5. The lowest BCUT2D eigenvalue weighted by Crippen LogP contribution is -2.52. The number of hydrogen-bond acceptors (Lipinski definition) is 7. The van der Waals surface area contributed by atoms with E-state index in [-0.39, 0.29) is 43.3 Å². The highest BCUT2D eigenvalue weighted by molar-refractivity contribution is 5.90. The van der Waals surface area contributed by atoms with E-state index in [4.69, 9.17) is 9.47 Å². The number of imidazole rings is 1. The fourth-order valence-corrected chi connectivity index (χ4v) is 5.98. The minimum atomic E-state index is -0.834. The number of benzene rings is 2. The minimum Gasteiger partial charge on any atom is -0.493 e. The number of carbonyl (C=O) groups is 4. The number of likely N-dealkylation sites (tertiary alicyclic amines) is 1. The van der Waals surface area contributed by atoms with E-state index in [9.17, 15) is 19.2 Å². The summed E-state index contributed by atoms with van der Waals surface area (Å²) in [6.07, 6.45) is 5.38. The molecule has 46 heavy (non-hydrogen) atoms. The van der Waals surface area contributed by atoms with Crippen LogP contribution in [0.25, 0.3) is 11.4 Å². The van der Waals surface area contributed by atoms with Crippen LogP contribution in [0, 0.1) is 5.92 Å². The molecule has 12 nitrogen and oxygen atoms in total. The lowest BCUT2D eigenvalue weighted by Gasteiger charge is -2.34. The summed E-state index contributed by atoms with van der Waals surface area (Å²) in [6, 6.07) is 14.3. The Balaban J connectivity index is 1.39. The third-order valence-corrected chi connectivity index (χ3v) is 8.49. The van der Waals surface area contributed by atoms with Gasteiger partial charge in [0.2, 0.25) is 23.6 Å². The highest BCUT2D eigenvalue weighted by Crippen LogP contribution is 2.32. The number of carbonyl (C=O) groups excluding carboxylic acids is 4. The van der Waals surface area contributed by atoms with Gasteiger partial charge in [0.05, 0.1) is 20.3 Å². The molecule has 5 rings (SSSR count). The predicted molar refractivity (Wildman–Crippen MR) is 171 cm³/mol. The van der Waals surface area contributed by atoms with E-state index in [1.807, 2.05) is 59.3 Å². The van der Waals surface area contributed by atoms with Gasteiger partial charge in [0.15, 0.2) is 11.5 Å². The molecule has 0 radical (unpaired) electrons. The fraction of sp³-hybridized carbons (Fsp3) is 0.441. The van der Waals surface area contributed by atoms with Crippen LogP contribution in [-0.4, -0.2) is 95.5 Å². The third kappa shape index (κ3) is 8.23. The number of amides is 4. The van der Waals surface area contributed by atoms with Crippen LogP contribution < -0.4 is 20.1 Å². The normalized spacial score (nSPS) is 18.7. The van der Waals surface area contributed by atoms with Crippen LogP contribution in [0.15, 0.2) is 60.9 Å². The van der Waals surface area contributed by atoms with Crippen molar-refractivity contribution in [2.75, 3.05) is 46.4 Å². The summed E-state index contributed by atoms with van der Waals surface area (Å²) in [5.41, 5.74) is 1.73. The van der Waals surface area contributed by atoms with Crippen molar-refractivity contribution in [1.29, 1.82) is 0 Å². The van der Waals surface area contributed by atoms with Crippen LogP contribution in [-0.2, 0) is 32.1 Å². The van der Waals surface area contributed by atoms with Gasteiger partial charge in [0.1, 0.15) is 11.9 Å². The number of aromatic nitrogens is 2. The van der Waals surface area contributed by atoms with E-state index in [2.05, 4.69) is 15.6 Å². The summed E-state index contributed by atoms with van der Waals surface area (Å²) >= 11 is 0. The van der Waals surface area contributed by atoms with Crippen LogP contribution in [0.3, 0.4) is 0 Å². The van der Waals surface area contributed by atoms with Crippen molar-refractivity contribution >= 4 is 23.6 Å². The average molecular weight is 631 g/mol. The highest BCUT2D eigenvalue weighted by Gasteiger charge is 2.31. The van der Waals surface area contributed by atoms with Crippen molar-refractivity contribution in [3.05, 3.63) is 66.5 Å². The maximum Gasteiger partial charge on any atom is 0.242 e. The van der Waals surface area contributed by atoms with Crippen LogP contribution in [0.4, 0.5) is 0 Å². The van der Waals surface area contributed by atoms with Crippen LogP contribution >= 0.6 is 0 Å². The number of rotatable bonds is 4. The molecule has 12 heteroatoms. The van der Waals surface area contributed by atoms with Gasteiger partial charge < -0.3 is 34.5 Å². The largest absolute Gasteiger partial charge is 0.493 e. The molecule has 2 N–H and O–H groups in total. The van der Waals surface area contributed by atoms with Gasteiger partial charge in [-0.3, -0.25) is 19.2 Å². The van der Waals surface area contributed by atoms with E-state index in [0.717, 1.165) is 11.1 Å². The Morgan fingerprint density at radius 3 is 2.54 bits per heavy atom. The Hall–Kier alpha value is -4.87. The van der Waals surface area contributed by atoms with Crippen LogP contribution in [0.2, 0.25) is 0 Å². The topological polar surface area (TPSA) is 135 Å². The van der Waals surface area contributed by atoms with E-state index >= 15 is 0 Å². The zero-order chi connectivity index (χ0) is 32.5. The Morgan fingerprint density at radius 2 is 1.80 bits per heavy atom. The molecule has 2 aliphatic heterocycles. The first-order chi connectivity index (χ1) is 22.3. The molecule has 2 aliphatic rings. The zero-order valence-electron chi connectivity index (χ0n) is 26.4. The van der Waals surface area contributed by atoms with Gasteiger partial charge in [-0.25, -0.2) is 4.98 Å². The number of fused-ring (bicyclic) bond motifs is 4. The summed E-state index contributed by atoms with van der Waals surface area (Å²) in [5, 5.41) is 5.87. The van der Waals surface area contributed by atoms with E-state index in [1.54, 1.807) is 23.1 Å². The van der Waals surface area contributed by atoms with Gasteiger partial charge in [-0.2, -0.15) is 0 Å². The maximum absolute atomic E-state index is 13.8. The lowest BCUT2D eigenvalue weighted by molar-refractivity contribution is -0.143. The highest BCUT2D eigenvalue weighted by atomic mass is 16.5. The Bertz CT molecular complexity index is 1520. The van der Waals surface area contributed by atoms with Crippen molar-refractivity contribution in [1.82, 2.24) is 30.0 Å². The second kappa shape index (κ2) is 15.4. The predicted octanol–water partition coefficient (Wildman–Crippen LogP) is 2.27. The van der Waals surface area contributed by atoms with E-state index < -0.39 is 11.9 Å². The van der Waals surface area contributed by atoms with Crippen molar-refractivity contribution in [3.63, 3.8) is 0 Å². The van der Waals surface area contributed by atoms with Crippen molar-refractivity contribution in [3.8, 4) is 22.9 Å². The number of ether oxygens (including phenoxy) is 2. The van der Waals surface area contributed by atoms with Crippen molar-refractivity contribution in [2.45, 2.75) is 45.2 Å². The number of hydrogen-bond donors (Lipinski definition) is 2. The van der Waals surface area contributed by atoms with Crippen molar-refractivity contribution in [2.24, 2.45) is 5.92 Å². The molecule has 1 saturated heterocycles. The zero-order valence-corrected chi connectivity index (χ0v) is 26.4. The molecule has 0 spiro atoms. The molecule has 2 aromatic carbocycles. The summed E-state index contributed by atoms with van der Waals surface area (Å²) < 4.78 is 13.6. The molecule has 4 amide bonds. The summed E-state index contributed by atoms with van der Waals surface area (Å²) in [6.45, 7) is 3.67. The molecule has 1 atom stereocenters. The number of methoxy groups -OCH3 is 1. The SMILES string of the molecule is COc1ccc2cc1OCCCN(C(=O)C1CCN(C(C)=O)CC1)CC(=O)N[C@@H](Cc1ccccc1)C(=O)NCCn1ccnc1-2. The third-order valence-electron chi connectivity index (χ3n) is 8.49. The monoisotopic (exact) mass is 630 g/mol. The fourth-order valence-electron chi connectivity index (χ4n) is 5.98. The van der Waals surface area contributed by atoms with Gasteiger partial charge in [-0.1, -0.05) is 30.3 Å². The first-order valence-corrected chi connectivity index (χ1v) is 15.8. The Kier molecular flexibility index (Phi) is 10.9. The van der Waals surface area contributed by atoms with Crippen LogP contribution in [0.5, 0.6) is 11.5 Å². The van der Waals surface area contributed by atoms with Crippen LogP contribution in [0.1, 0.15) is 31.7 Å². The summed E-state index contributed by atoms with van der Waals surface area (Å²) in [4.78, 5) is 60.4. The molecule has 3 aromatic rings. The first-order valence-electron chi connectivity index (χ1n) is 15.8. The number of nitrogens with one attached hydrogen (secondary N) is 2. The van der Waals surface area contributed by atoms with Crippen molar-refractivity contribution < 1.29 is 28.7 Å². The molecule has 3 heterocycles. The second-order valence-electron chi connectivity index (χ2n) is 11.7. The molecule has 1 fully saturated rings. The minimum absolute atomic E-state index is 0.00912. The molecule has 1 aromatic heterocycles. The molecule has 0 unspecified atom stereocenters. The molecular formula is C34H42N6O6. The molecule has 0 aliphatic carbocycles. The van der Waals surface area contributed by atoms with Gasteiger partial charge in [-0.15, -0.1) is 0 Å². The van der Waals surface area contributed by atoms with Gasteiger partial charge in [0, 0.05) is 69.9 Å². The van der Waals surface area contributed by atoms with Gasteiger partial charge in [-0.05, 0) is 43.0 Å². The summed E-state index contributed by atoms with van der Waals surface area (Å²) in [7, 11) is 1.57. The molecule has 2 bridgehead atoms.